The number of aliphatic hydroxyl groups is 1. The van der Waals surface area contributed by atoms with E-state index >= 15 is 0 Å². The molecule has 1 aliphatic carbocycles. The van der Waals surface area contributed by atoms with Crippen molar-refractivity contribution in [1.29, 1.82) is 0 Å². The molecule has 0 aromatic heterocycles. The first-order valence-corrected chi connectivity index (χ1v) is 7.20. The predicted molar refractivity (Wildman–Crippen MR) is 71.8 cm³/mol. The molecule has 0 aliphatic heterocycles. The van der Waals surface area contributed by atoms with Gasteiger partial charge in [-0.3, -0.25) is 0 Å². The van der Waals surface area contributed by atoms with E-state index in [9.17, 15) is 5.11 Å². The lowest BCUT2D eigenvalue weighted by Crippen LogP contribution is -2.44. The molecule has 1 atom stereocenters. The normalized spacial score (nSPS) is 22.1. The minimum atomic E-state index is -0.636. The van der Waals surface area contributed by atoms with Crippen molar-refractivity contribution >= 4 is 0 Å². The van der Waals surface area contributed by atoms with Gasteiger partial charge in [0.05, 0.1) is 5.60 Å². The van der Waals surface area contributed by atoms with Gasteiger partial charge in [-0.2, -0.15) is 0 Å². The van der Waals surface area contributed by atoms with Crippen LogP contribution >= 0.6 is 0 Å². The maximum Gasteiger partial charge on any atom is 0.160 e. The molecule has 2 nitrogen and oxygen atoms in total. The van der Waals surface area contributed by atoms with Crippen LogP contribution in [-0.2, 0) is 4.74 Å². The number of ether oxygens (including phenoxy) is 1. The second kappa shape index (κ2) is 5.71. The van der Waals surface area contributed by atoms with Crippen LogP contribution in [0.3, 0.4) is 0 Å². The number of hydrogen-bond donors (Lipinski definition) is 1. The third-order valence-electron chi connectivity index (χ3n) is 4.41. The topological polar surface area (TPSA) is 29.5 Å². The van der Waals surface area contributed by atoms with Gasteiger partial charge in [-0.25, -0.2) is 0 Å². The summed E-state index contributed by atoms with van der Waals surface area (Å²) in [6.45, 7) is 10.8. The van der Waals surface area contributed by atoms with E-state index in [1.807, 2.05) is 0 Å². The van der Waals surface area contributed by atoms with Gasteiger partial charge in [0.2, 0.25) is 0 Å². The molecule has 1 aliphatic rings. The SMILES string of the molecule is CCCC(C)(C)C(O)OC1(C(C)C)CCCC1. The Kier molecular flexibility index (Phi) is 5.03. The molecule has 0 radical (unpaired) electrons. The molecule has 0 heterocycles. The molecule has 0 saturated heterocycles. The van der Waals surface area contributed by atoms with Crippen LogP contribution in [0.4, 0.5) is 0 Å². The Labute approximate surface area is 107 Å². The van der Waals surface area contributed by atoms with E-state index < -0.39 is 6.29 Å². The minimum Gasteiger partial charge on any atom is -0.367 e. The van der Waals surface area contributed by atoms with Gasteiger partial charge >= 0.3 is 0 Å². The number of aliphatic hydroxyl groups excluding tert-OH is 1. The summed E-state index contributed by atoms with van der Waals surface area (Å²) in [7, 11) is 0. The molecule has 1 rings (SSSR count). The molecule has 0 spiro atoms. The highest BCUT2D eigenvalue weighted by atomic mass is 16.6. The van der Waals surface area contributed by atoms with Crippen molar-refractivity contribution in [1.82, 2.24) is 0 Å². The summed E-state index contributed by atoms with van der Waals surface area (Å²) in [5, 5.41) is 10.4. The summed E-state index contributed by atoms with van der Waals surface area (Å²) in [4.78, 5) is 0. The molecule has 102 valence electrons. The van der Waals surface area contributed by atoms with Gasteiger partial charge in [0, 0.05) is 5.41 Å². The van der Waals surface area contributed by atoms with Gasteiger partial charge in [-0.15, -0.1) is 0 Å². The monoisotopic (exact) mass is 242 g/mol. The number of hydrogen-bond acceptors (Lipinski definition) is 2. The fourth-order valence-electron chi connectivity index (χ4n) is 2.95. The van der Waals surface area contributed by atoms with E-state index in [-0.39, 0.29) is 11.0 Å². The highest BCUT2D eigenvalue weighted by Gasteiger charge is 2.42. The van der Waals surface area contributed by atoms with E-state index in [0.717, 1.165) is 25.7 Å². The highest BCUT2D eigenvalue weighted by Crippen LogP contribution is 2.42. The van der Waals surface area contributed by atoms with Gasteiger partial charge in [-0.05, 0) is 25.2 Å². The molecular weight excluding hydrogens is 212 g/mol. The van der Waals surface area contributed by atoms with E-state index in [4.69, 9.17) is 4.74 Å². The van der Waals surface area contributed by atoms with Crippen molar-refractivity contribution in [3.63, 3.8) is 0 Å². The molecule has 1 unspecified atom stereocenters. The molecule has 0 aromatic carbocycles. The van der Waals surface area contributed by atoms with Crippen LogP contribution < -0.4 is 0 Å². The molecule has 0 aromatic rings. The third kappa shape index (κ3) is 3.45. The Bertz CT molecular complexity index is 227. The average Bonchev–Trinajstić information content (AvgIpc) is 2.67. The van der Waals surface area contributed by atoms with Crippen LogP contribution in [0.2, 0.25) is 0 Å². The molecule has 1 N–H and O–H groups in total. The summed E-state index contributed by atoms with van der Waals surface area (Å²) in [5.74, 6) is 0.483. The maximum atomic E-state index is 10.4. The first-order chi connectivity index (χ1) is 7.84. The van der Waals surface area contributed by atoms with Crippen LogP contribution in [0.5, 0.6) is 0 Å². The smallest absolute Gasteiger partial charge is 0.160 e. The third-order valence-corrected chi connectivity index (χ3v) is 4.41. The van der Waals surface area contributed by atoms with Crippen molar-refractivity contribution in [3.8, 4) is 0 Å². The average molecular weight is 242 g/mol. The molecule has 17 heavy (non-hydrogen) atoms. The molecule has 1 fully saturated rings. The van der Waals surface area contributed by atoms with Gasteiger partial charge < -0.3 is 9.84 Å². The summed E-state index contributed by atoms with van der Waals surface area (Å²) < 4.78 is 6.13. The summed E-state index contributed by atoms with van der Waals surface area (Å²) in [6.07, 6.45) is 6.12. The second-order valence-corrected chi connectivity index (χ2v) is 6.64. The Morgan fingerprint density at radius 3 is 2.18 bits per heavy atom. The maximum absolute atomic E-state index is 10.4. The molecule has 2 heteroatoms. The zero-order chi connectivity index (χ0) is 13.1. The van der Waals surface area contributed by atoms with Crippen molar-refractivity contribution in [3.05, 3.63) is 0 Å². The van der Waals surface area contributed by atoms with Crippen molar-refractivity contribution < 1.29 is 9.84 Å². The lowest BCUT2D eigenvalue weighted by molar-refractivity contribution is -0.243. The zero-order valence-corrected chi connectivity index (χ0v) is 12.3. The lowest BCUT2D eigenvalue weighted by atomic mass is 9.84. The predicted octanol–water partition coefficient (Wildman–Crippen LogP) is 4.12. The fraction of sp³-hybridized carbons (Fsp3) is 1.00. The van der Waals surface area contributed by atoms with Crippen molar-refractivity contribution in [2.24, 2.45) is 11.3 Å². The Hall–Kier alpha value is -0.0800. The lowest BCUT2D eigenvalue weighted by Gasteiger charge is -2.40. The second-order valence-electron chi connectivity index (χ2n) is 6.64. The first-order valence-electron chi connectivity index (χ1n) is 7.20. The van der Waals surface area contributed by atoms with Crippen LogP contribution in [0.25, 0.3) is 0 Å². The minimum absolute atomic E-state index is 0.0789. The first kappa shape index (κ1) is 15.0. The number of rotatable bonds is 6. The van der Waals surface area contributed by atoms with E-state index in [1.165, 1.54) is 12.8 Å². The largest absolute Gasteiger partial charge is 0.367 e. The molecule has 0 amide bonds. The van der Waals surface area contributed by atoms with Crippen LogP contribution in [0, 0.1) is 11.3 Å². The Morgan fingerprint density at radius 2 is 1.76 bits per heavy atom. The van der Waals surface area contributed by atoms with E-state index in [0.29, 0.717) is 5.92 Å². The van der Waals surface area contributed by atoms with Crippen molar-refractivity contribution in [2.45, 2.75) is 85.0 Å². The summed E-state index contributed by atoms with van der Waals surface area (Å²) in [6, 6.07) is 0. The van der Waals surface area contributed by atoms with Gasteiger partial charge in [0.25, 0.3) is 0 Å². The van der Waals surface area contributed by atoms with Crippen molar-refractivity contribution in [2.75, 3.05) is 0 Å². The zero-order valence-electron chi connectivity index (χ0n) is 12.3. The van der Waals surface area contributed by atoms with Gasteiger partial charge in [-0.1, -0.05) is 53.9 Å². The van der Waals surface area contributed by atoms with Crippen LogP contribution in [0.15, 0.2) is 0 Å². The van der Waals surface area contributed by atoms with E-state index in [1.54, 1.807) is 0 Å². The van der Waals surface area contributed by atoms with Gasteiger partial charge in [0.1, 0.15) is 0 Å². The van der Waals surface area contributed by atoms with E-state index in [2.05, 4.69) is 34.6 Å². The molecular formula is C15H30O2. The standard InChI is InChI=1S/C15H30O2/c1-6-9-14(4,5)13(16)17-15(12(2)3)10-7-8-11-15/h12-13,16H,6-11H2,1-5H3. The Morgan fingerprint density at radius 1 is 1.24 bits per heavy atom. The quantitative estimate of drug-likeness (QED) is 0.710. The Balaban J connectivity index is 2.68. The summed E-state index contributed by atoms with van der Waals surface area (Å²) >= 11 is 0. The fourth-order valence-corrected chi connectivity index (χ4v) is 2.95. The highest BCUT2D eigenvalue weighted by molar-refractivity contribution is 4.90. The summed E-state index contributed by atoms with van der Waals surface area (Å²) in [5.41, 5.74) is -0.219. The van der Waals surface area contributed by atoms with Crippen LogP contribution in [-0.4, -0.2) is 17.0 Å². The van der Waals surface area contributed by atoms with Crippen LogP contribution in [0.1, 0.15) is 73.1 Å². The molecule has 1 saturated carbocycles. The van der Waals surface area contributed by atoms with Gasteiger partial charge in [0.15, 0.2) is 6.29 Å². The molecule has 0 bridgehead atoms.